The van der Waals surface area contributed by atoms with Crippen LogP contribution in [0.5, 0.6) is 0 Å². The maximum Gasteiger partial charge on any atom is 0.251 e. The van der Waals surface area contributed by atoms with Crippen LogP contribution in [0.2, 0.25) is 0 Å². The highest BCUT2D eigenvalue weighted by Crippen LogP contribution is 2.29. The number of halogens is 1. The summed E-state index contributed by atoms with van der Waals surface area (Å²) in [5.41, 5.74) is 3.38. The van der Waals surface area contributed by atoms with Gasteiger partial charge in [-0.1, -0.05) is 36.4 Å². The highest BCUT2D eigenvalue weighted by molar-refractivity contribution is 6.02. The smallest absolute Gasteiger partial charge is 0.251 e. The van der Waals surface area contributed by atoms with E-state index >= 15 is 0 Å². The van der Waals surface area contributed by atoms with Gasteiger partial charge in [0.25, 0.3) is 5.91 Å². The van der Waals surface area contributed by atoms with Gasteiger partial charge in [-0.25, -0.2) is 9.37 Å². The Bertz CT molecular complexity index is 1090. The molecule has 0 aliphatic carbocycles. The zero-order chi connectivity index (χ0) is 18.8. The maximum atomic E-state index is 13.2. The predicted molar refractivity (Wildman–Crippen MR) is 104 cm³/mol. The lowest BCUT2D eigenvalue weighted by Crippen LogP contribution is -2.26. The lowest BCUT2D eigenvalue weighted by Gasteiger charge is -2.13. The van der Waals surface area contributed by atoms with Crippen molar-refractivity contribution < 1.29 is 9.18 Å². The van der Waals surface area contributed by atoms with E-state index in [0.717, 1.165) is 27.6 Å². The molecule has 0 unspecified atom stereocenters. The lowest BCUT2D eigenvalue weighted by atomic mass is 9.97. The summed E-state index contributed by atoms with van der Waals surface area (Å²) < 4.78 is 13.2. The number of aromatic amines is 1. The number of carbonyl (C=O) groups is 1. The van der Waals surface area contributed by atoms with Crippen molar-refractivity contribution in [2.75, 3.05) is 0 Å². The van der Waals surface area contributed by atoms with E-state index in [1.165, 1.54) is 12.1 Å². The van der Waals surface area contributed by atoms with E-state index in [0.29, 0.717) is 5.56 Å². The Morgan fingerprint density at radius 1 is 1.11 bits per heavy atom. The molecule has 0 fully saturated rings. The second kappa shape index (κ2) is 7.03. The molecule has 0 saturated heterocycles. The van der Waals surface area contributed by atoms with Gasteiger partial charge in [0.1, 0.15) is 5.82 Å². The number of hydrogen-bond donors (Lipinski definition) is 2. The molecule has 5 heteroatoms. The average molecular weight is 359 g/mol. The zero-order valence-electron chi connectivity index (χ0n) is 14.7. The molecule has 0 bridgehead atoms. The van der Waals surface area contributed by atoms with E-state index in [-0.39, 0.29) is 17.8 Å². The molecule has 4 aromatic rings. The molecule has 27 heavy (non-hydrogen) atoms. The number of imidazole rings is 1. The number of fused-ring (bicyclic) bond motifs is 1. The highest BCUT2D eigenvalue weighted by Gasteiger charge is 2.13. The Balaban J connectivity index is 1.65. The van der Waals surface area contributed by atoms with Crippen LogP contribution in [-0.4, -0.2) is 15.9 Å². The molecule has 1 atom stereocenters. The van der Waals surface area contributed by atoms with Crippen LogP contribution in [0, 0.1) is 5.82 Å². The minimum absolute atomic E-state index is 0.147. The van der Waals surface area contributed by atoms with Crippen molar-refractivity contribution >= 4 is 16.7 Å². The summed E-state index contributed by atoms with van der Waals surface area (Å²) in [5, 5.41) is 4.94. The topological polar surface area (TPSA) is 57.8 Å². The molecule has 3 aromatic carbocycles. The van der Waals surface area contributed by atoms with Gasteiger partial charge in [0.2, 0.25) is 0 Å². The van der Waals surface area contributed by atoms with Crippen molar-refractivity contribution in [3.63, 3.8) is 0 Å². The largest absolute Gasteiger partial charge is 0.347 e. The van der Waals surface area contributed by atoms with Gasteiger partial charge in [-0.15, -0.1) is 0 Å². The van der Waals surface area contributed by atoms with Crippen molar-refractivity contribution in [1.82, 2.24) is 15.3 Å². The Kier molecular flexibility index (Phi) is 4.42. The predicted octanol–water partition coefficient (Wildman–Crippen LogP) is 4.86. The second-order valence-electron chi connectivity index (χ2n) is 6.45. The SMILES string of the molecule is C[C@@H](NC(=O)c1ccc2c(-c3ccc(F)cc3)cccc2c1)c1cnc[nH]1. The quantitative estimate of drug-likeness (QED) is 0.547. The first-order valence-corrected chi connectivity index (χ1v) is 8.69. The van der Waals surface area contributed by atoms with Crippen molar-refractivity contribution in [1.29, 1.82) is 0 Å². The van der Waals surface area contributed by atoms with Gasteiger partial charge in [0.05, 0.1) is 24.3 Å². The Labute approximate surface area is 156 Å². The average Bonchev–Trinajstić information content (AvgIpc) is 3.23. The third-order valence-electron chi connectivity index (χ3n) is 4.63. The Morgan fingerprint density at radius 2 is 1.93 bits per heavy atom. The van der Waals surface area contributed by atoms with Crippen LogP contribution in [0.25, 0.3) is 21.9 Å². The molecular formula is C22H18FN3O. The van der Waals surface area contributed by atoms with Crippen molar-refractivity contribution in [2.24, 2.45) is 0 Å². The van der Waals surface area contributed by atoms with Gasteiger partial charge in [-0.3, -0.25) is 4.79 Å². The fourth-order valence-corrected chi connectivity index (χ4v) is 3.17. The molecule has 0 radical (unpaired) electrons. The molecule has 1 amide bonds. The summed E-state index contributed by atoms with van der Waals surface area (Å²) >= 11 is 0. The molecule has 134 valence electrons. The third-order valence-corrected chi connectivity index (χ3v) is 4.63. The minimum atomic E-state index is -0.260. The van der Waals surface area contributed by atoms with Crippen LogP contribution in [-0.2, 0) is 0 Å². The monoisotopic (exact) mass is 359 g/mol. The summed E-state index contributed by atoms with van der Waals surface area (Å²) in [6.45, 7) is 1.90. The van der Waals surface area contributed by atoms with Crippen LogP contribution in [0.1, 0.15) is 29.0 Å². The molecule has 0 aliphatic rings. The second-order valence-corrected chi connectivity index (χ2v) is 6.45. The minimum Gasteiger partial charge on any atom is -0.347 e. The number of carbonyl (C=O) groups excluding carboxylic acids is 1. The molecule has 4 rings (SSSR count). The van der Waals surface area contributed by atoms with E-state index in [9.17, 15) is 9.18 Å². The fourth-order valence-electron chi connectivity index (χ4n) is 3.17. The number of H-pyrrole nitrogens is 1. The molecule has 4 nitrogen and oxygen atoms in total. The van der Waals surface area contributed by atoms with E-state index in [1.807, 2.05) is 43.3 Å². The van der Waals surface area contributed by atoms with E-state index < -0.39 is 0 Å². The van der Waals surface area contributed by atoms with Gasteiger partial charge in [-0.05, 0) is 53.1 Å². The van der Waals surface area contributed by atoms with Crippen LogP contribution >= 0.6 is 0 Å². The molecule has 1 heterocycles. The number of hydrogen-bond acceptors (Lipinski definition) is 2. The number of nitrogens with one attached hydrogen (secondary N) is 2. The van der Waals surface area contributed by atoms with Crippen molar-refractivity contribution in [2.45, 2.75) is 13.0 Å². The summed E-state index contributed by atoms with van der Waals surface area (Å²) in [5.74, 6) is -0.407. The highest BCUT2D eigenvalue weighted by atomic mass is 19.1. The zero-order valence-corrected chi connectivity index (χ0v) is 14.7. The van der Waals surface area contributed by atoms with Gasteiger partial charge in [0, 0.05) is 5.56 Å². The molecule has 1 aromatic heterocycles. The Morgan fingerprint density at radius 3 is 2.67 bits per heavy atom. The van der Waals surface area contributed by atoms with Gasteiger partial charge in [-0.2, -0.15) is 0 Å². The first-order chi connectivity index (χ1) is 13.1. The maximum absolute atomic E-state index is 13.2. The number of rotatable bonds is 4. The normalized spacial score (nSPS) is 12.1. The lowest BCUT2D eigenvalue weighted by molar-refractivity contribution is 0.0939. The standard InChI is InChI=1S/C22H18FN3O/c1-14(21-12-24-13-25-21)26-22(27)17-7-10-20-16(11-17)3-2-4-19(20)15-5-8-18(23)9-6-15/h2-14H,1H3,(H,24,25)(H,26,27)/t14-/m1/s1. The molecule has 0 aliphatic heterocycles. The van der Waals surface area contributed by atoms with Gasteiger partial charge >= 0.3 is 0 Å². The first-order valence-electron chi connectivity index (χ1n) is 8.69. The van der Waals surface area contributed by atoms with E-state index in [1.54, 1.807) is 24.7 Å². The summed E-state index contributed by atoms with van der Waals surface area (Å²) in [7, 11) is 0. The van der Waals surface area contributed by atoms with Gasteiger partial charge < -0.3 is 10.3 Å². The first kappa shape index (κ1) is 17.0. The number of nitrogens with zero attached hydrogens (tertiary/aromatic N) is 1. The number of benzene rings is 3. The molecule has 2 N–H and O–H groups in total. The number of aromatic nitrogens is 2. The summed E-state index contributed by atoms with van der Waals surface area (Å²) in [6.07, 6.45) is 3.28. The summed E-state index contributed by atoms with van der Waals surface area (Å²) in [6, 6.07) is 17.8. The van der Waals surface area contributed by atoms with Crippen molar-refractivity contribution in [3.05, 3.63) is 90.3 Å². The van der Waals surface area contributed by atoms with E-state index in [4.69, 9.17) is 0 Å². The van der Waals surface area contributed by atoms with Crippen LogP contribution in [0.3, 0.4) is 0 Å². The number of amides is 1. The molecular weight excluding hydrogens is 341 g/mol. The van der Waals surface area contributed by atoms with E-state index in [2.05, 4.69) is 15.3 Å². The summed E-state index contributed by atoms with van der Waals surface area (Å²) in [4.78, 5) is 19.6. The molecule has 0 spiro atoms. The Hall–Kier alpha value is -3.47. The fraction of sp³-hybridized carbons (Fsp3) is 0.0909. The van der Waals surface area contributed by atoms with Gasteiger partial charge in [0.15, 0.2) is 0 Å². The van der Waals surface area contributed by atoms with Crippen LogP contribution in [0.15, 0.2) is 73.2 Å². The third kappa shape index (κ3) is 3.44. The van der Waals surface area contributed by atoms with Crippen LogP contribution < -0.4 is 5.32 Å². The molecule has 0 saturated carbocycles. The van der Waals surface area contributed by atoms with Crippen molar-refractivity contribution in [3.8, 4) is 11.1 Å². The van der Waals surface area contributed by atoms with Crippen LogP contribution in [0.4, 0.5) is 4.39 Å².